The molecule has 0 aliphatic heterocycles. The Hall–Kier alpha value is -1.69. The molecule has 0 atom stereocenters. The molecular weight excluding hydrogens is 288 g/mol. The molecule has 0 amide bonds. The Bertz CT molecular complexity index is 636. The molecule has 0 bridgehead atoms. The first-order valence-electron chi connectivity index (χ1n) is 4.98. The van der Waals surface area contributed by atoms with Crippen LogP contribution < -0.4 is 5.56 Å². The van der Waals surface area contributed by atoms with Crippen molar-refractivity contribution >= 4 is 27.5 Å². The summed E-state index contributed by atoms with van der Waals surface area (Å²) in [5, 5.41) is 0. The van der Waals surface area contributed by atoms with Gasteiger partial charge in [-0.2, -0.15) is 0 Å². The number of pyridine rings is 1. The number of carbonyl (C=O) groups excluding carboxylic acids is 1. The molecule has 6 heteroatoms. The van der Waals surface area contributed by atoms with Crippen molar-refractivity contribution < 1.29 is 9.53 Å². The van der Waals surface area contributed by atoms with Gasteiger partial charge in [0.2, 0.25) is 0 Å². The van der Waals surface area contributed by atoms with E-state index in [1.165, 1.54) is 10.6 Å². The van der Waals surface area contributed by atoms with Crippen LogP contribution in [0.2, 0.25) is 0 Å². The zero-order valence-corrected chi connectivity index (χ0v) is 10.6. The molecule has 5 nitrogen and oxygen atoms in total. The average molecular weight is 297 g/mol. The lowest BCUT2D eigenvalue weighted by atomic mass is 10.3. The molecule has 0 fully saturated rings. The van der Waals surface area contributed by atoms with E-state index >= 15 is 0 Å². The Balaban J connectivity index is 2.67. The van der Waals surface area contributed by atoms with Gasteiger partial charge in [-0.05, 0) is 35.0 Å². The van der Waals surface area contributed by atoms with Crippen molar-refractivity contribution in [2.45, 2.75) is 6.92 Å². The van der Waals surface area contributed by atoms with Crippen LogP contribution in [0, 0.1) is 0 Å². The van der Waals surface area contributed by atoms with E-state index in [1.54, 1.807) is 25.3 Å². The predicted molar refractivity (Wildman–Crippen MR) is 65.1 cm³/mol. The summed E-state index contributed by atoms with van der Waals surface area (Å²) in [5.41, 5.74) is -0.0391. The molecule has 0 aromatic carbocycles. The topological polar surface area (TPSA) is 60.7 Å². The quantitative estimate of drug-likeness (QED) is 0.791. The Morgan fingerprint density at radius 2 is 2.35 bits per heavy atom. The van der Waals surface area contributed by atoms with Crippen LogP contribution in [-0.4, -0.2) is 22.0 Å². The summed E-state index contributed by atoms with van der Waals surface area (Å²) in [6.45, 7) is 1.90. The van der Waals surface area contributed by atoms with Crippen molar-refractivity contribution in [1.82, 2.24) is 9.38 Å². The highest BCUT2D eigenvalue weighted by molar-refractivity contribution is 9.10. The van der Waals surface area contributed by atoms with Gasteiger partial charge in [0, 0.05) is 12.4 Å². The third kappa shape index (κ3) is 2.08. The Morgan fingerprint density at radius 1 is 1.59 bits per heavy atom. The molecule has 0 unspecified atom stereocenters. The number of ether oxygens (including phenoxy) is 1. The molecule has 2 aromatic rings. The molecule has 2 aromatic heterocycles. The minimum atomic E-state index is -0.653. The van der Waals surface area contributed by atoms with Gasteiger partial charge in [-0.3, -0.25) is 9.20 Å². The van der Waals surface area contributed by atoms with Gasteiger partial charge < -0.3 is 4.74 Å². The van der Waals surface area contributed by atoms with E-state index < -0.39 is 11.5 Å². The molecule has 17 heavy (non-hydrogen) atoms. The number of halogens is 1. The van der Waals surface area contributed by atoms with E-state index in [0.717, 1.165) is 0 Å². The number of rotatable bonds is 2. The van der Waals surface area contributed by atoms with Crippen molar-refractivity contribution in [2.24, 2.45) is 0 Å². The Morgan fingerprint density at radius 3 is 3.06 bits per heavy atom. The van der Waals surface area contributed by atoms with Gasteiger partial charge in [-0.25, -0.2) is 9.78 Å². The molecule has 0 saturated carbocycles. The summed E-state index contributed by atoms with van der Waals surface area (Å²) >= 11 is 3.28. The fourth-order valence-corrected chi connectivity index (χ4v) is 1.87. The van der Waals surface area contributed by atoms with Crippen LogP contribution in [0.1, 0.15) is 17.3 Å². The lowest BCUT2D eigenvalue weighted by molar-refractivity contribution is 0.0523. The normalized spacial score (nSPS) is 10.5. The number of aromatic nitrogens is 2. The average Bonchev–Trinajstić information content (AvgIpc) is 2.31. The maximum absolute atomic E-state index is 12.0. The minimum absolute atomic E-state index is 0.0672. The minimum Gasteiger partial charge on any atom is -0.462 e. The van der Waals surface area contributed by atoms with Gasteiger partial charge in [0.05, 0.1) is 11.1 Å². The fraction of sp³-hybridized carbons (Fsp3) is 0.182. The molecule has 2 heterocycles. The summed E-state index contributed by atoms with van der Waals surface area (Å²) in [6, 6.07) is 3.46. The van der Waals surface area contributed by atoms with Crippen LogP contribution in [0.3, 0.4) is 0 Å². The van der Waals surface area contributed by atoms with Gasteiger partial charge in [0.15, 0.2) is 5.65 Å². The van der Waals surface area contributed by atoms with Crippen LogP contribution in [0.4, 0.5) is 0 Å². The third-order valence-electron chi connectivity index (χ3n) is 2.18. The highest BCUT2D eigenvalue weighted by Crippen LogP contribution is 2.13. The molecule has 2 rings (SSSR count). The molecule has 0 saturated heterocycles. The van der Waals surface area contributed by atoms with Gasteiger partial charge in [0.25, 0.3) is 5.56 Å². The van der Waals surface area contributed by atoms with E-state index in [0.29, 0.717) is 10.1 Å². The van der Waals surface area contributed by atoms with Crippen LogP contribution in [0.15, 0.2) is 33.8 Å². The second kappa shape index (κ2) is 4.67. The molecule has 0 radical (unpaired) electrons. The van der Waals surface area contributed by atoms with Crippen LogP contribution in [0.25, 0.3) is 5.65 Å². The fourth-order valence-electron chi connectivity index (χ4n) is 1.42. The number of fused-ring (bicyclic) bond motifs is 1. The van der Waals surface area contributed by atoms with Crippen molar-refractivity contribution in [3.05, 3.63) is 44.9 Å². The van der Waals surface area contributed by atoms with E-state index in [1.807, 2.05) is 0 Å². The maximum Gasteiger partial charge on any atom is 0.345 e. The Labute approximate surface area is 105 Å². The SMILES string of the molecule is CCOC(=O)c1cnc2c(Br)cccn2c1=O. The van der Waals surface area contributed by atoms with Crippen LogP contribution in [-0.2, 0) is 4.74 Å². The van der Waals surface area contributed by atoms with E-state index in [-0.39, 0.29) is 12.2 Å². The predicted octanol–water partition coefficient (Wildman–Crippen LogP) is 1.63. The first-order valence-corrected chi connectivity index (χ1v) is 5.77. The summed E-state index contributed by atoms with van der Waals surface area (Å²) < 4.78 is 6.77. The highest BCUT2D eigenvalue weighted by atomic mass is 79.9. The first kappa shape index (κ1) is 11.8. The summed E-state index contributed by atoms with van der Waals surface area (Å²) in [6.07, 6.45) is 2.79. The maximum atomic E-state index is 12.0. The van der Waals surface area contributed by atoms with Crippen molar-refractivity contribution in [2.75, 3.05) is 6.61 Å². The number of nitrogens with zero attached hydrogens (tertiary/aromatic N) is 2. The number of esters is 1. The molecule has 0 spiro atoms. The van der Waals surface area contributed by atoms with E-state index in [2.05, 4.69) is 20.9 Å². The molecular formula is C11H9BrN2O3. The number of hydrogen-bond acceptors (Lipinski definition) is 4. The van der Waals surface area contributed by atoms with Crippen LogP contribution >= 0.6 is 15.9 Å². The largest absolute Gasteiger partial charge is 0.462 e. The van der Waals surface area contributed by atoms with Gasteiger partial charge in [-0.1, -0.05) is 0 Å². The zero-order valence-electron chi connectivity index (χ0n) is 9.01. The Kier molecular flexibility index (Phi) is 3.23. The van der Waals surface area contributed by atoms with Gasteiger partial charge in [-0.15, -0.1) is 0 Å². The molecule has 0 N–H and O–H groups in total. The van der Waals surface area contributed by atoms with Crippen molar-refractivity contribution in [3.8, 4) is 0 Å². The van der Waals surface area contributed by atoms with Crippen LogP contribution in [0.5, 0.6) is 0 Å². The highest BCUT2D eigenvalue weighted by Gasteiger charge is 2.14. The van der Waals surface area contributed by atoms with E-state index in [4.69, 9.17) is 4.74 Å². The number of hydrogen-bond donors (Lipinski definition) is 0. The summed E-state index contributed by atoms with van der Waals surface area (Å²) in [7, 11) is 0. The zero-order chi connectivity index (χ0) is 12.4. The van der Waals surface area contributed by atoms with Crippen molar-refractivity contribution in [1.29, 1.82) is 0 Å². The lowest BCUT2D eigenvalue weighted by Crippen LogP contribution is -2.24. The molecule has 88 valence electrons. The third-order valence-corrected chi connectivity index (χ3v) is 2.80. The molecule has 0 aliphatic rings. The van der Waals surface area contributed by atoms with E-state index in [9.17, 15) is 9.59 Å². The smallest absolute Gasteiger partial charge is 0.345 e. The standard InChI is InChI=1S/C11H9BrN2O3/c1-2-17-11(16)7-6-13-9-8(12)4-3-5-14(9)10(7)15/h3-6H,2H2,1H3. The second-order valence-electron chi connectivity index (χ2n) is 3.25. The van der Waals surface area contributed by atoms with Crippen molar-refractivity contribution in [3.63, 3.8) is 0 Å². The summed E-state index contributed by atoms with van der Waals surface area (Å²) in [5.74, 6) is -0.653. The lowest BCUT2D eigenvalue weighted by Gasteiger charge is -2.04. The number of carbonyl (C=O) groups is 1. The van der Waals surface area contributed by atoms with Gasteiger partial charge >= 0.3 is 5.97 Å². The second-order valence-corrected chi connectivity index (χ2v) is 4.10. The van der Waals surface area contributed by atoms with Gasteiger partial charge in [0.1, 0.15) is 5.56 Å². The monoisotopic (exact) mass is 296 g/mol. The summed E-state index contributed by atoms with van der Waals surface area (Å²) in [4.78, 5) is 27.6. The first-order chi connectivity index (χ1) is 8.15. The molecule has 0 aliphatic carbocycles.